The molecule has 0 spiro atoms. The standard InChI is InChI=1S/C10H21N2O.ClH/c1-8(2)10(13)9(6-11)7-12(3,4)5;/h9H,1,6-7,11H2,2-5H3;1H/q+1;/p-1. The number of halogens is 1. The van der Waals surface area contributed by atoms with E-state index in [-0.39, 0.29) is 24.1 Å². The maximum Gasteiger partial charge on any atom is 0.167 e. The van der Waals surface area contributed by atoms with Crippen LogP contribution in [0.1, 0.15) is 6.92 Å². The highest BCUT2D eigenvalue weighted by Gasteiger charge is 2.23. The Bertz CT molecular complexity index is 209. The van der Waals surface area contributed by atoms with Crippen molar-refractivity contribution in [3.05, 3.63) is 12.2 Å². The van der Waals surface area contributed by atoms with E-state index in [1.165, 1.54) is 0 Å². The molecule has 1 unspecified atom stereocenters. The van der Waals surface area contributed by atoms with Crippen molar-refractivity contribution in [2.75, 3.05) is 34.2 Å². The minimum absolute atomic E-state index is 0. The molecule has 0 bridgehead atoms. The smallest absolute Gasteiger partial charge is 0.167 e. The van der Waals surface area contributed by atoms with Gasteiger partial charge in [-0.3, -0.25) is 4.79 Å². The van der Waals surface area contributed by atoms with E-state index in [9.17, 15) is 4.79 Å². The average molecular weight is 221 g/mol. The number of nitrogens with two attached hydrogens (primary N) is 1. The zero-order chi connectivity index (χ0) is 10.6. The Labute approximate surface area is 93.0 Å². The quantitative estimate of drug-likeness (QED) is 0.409. The summed E-state index contributed by atoms with van der Waals surface area (Å²) in [4.78, 5) is 11.6. The molecule has 0 saturated heterocycles. The lowest BCUT2D eigenvalue weighted by Gasteiger charge is -2.28. The topological polar surface area (TPSA) is 43.1 Å². The summed E-state index contributed by atoms with van der Waals surface area (Å²) in [5.41, 5.74) is 6.15. The maximum atomic E-state index is 11.6. The summed E-state index contributed by atoms with van der Waals surface area (Å²) in [6.45, 7) is 6.55. The molecule has 1 atom stereocenters. The van der Waals surface area contributed by atoms with E-state index in [2.05, 4.69) is 6.58 Å². The monoisotopic (exact) mass is 220 g/mol. The average Bonchev–Trinajstić information content (AvgIpc) is 1.97. The number of carbonyl (C=O) groups excluding carboxylic acids is 1. The predicted octanol–water partition coefficient (Wildman–Crippen LogP) is -2.58. The fourth-order valence-electron chi connectivity index (χ4n) is 1.27. The number of allylic oxidation sites excluding steroid dienone is 1. The van der Waals surface area contributed by atoms with E-state index in [0.29, 0.717) is 12.1 Å². The first-order valence-electron chi connectivity index (χ1n) is 4.48. The molecule has 0 aromatic carbocycles. The lowest BCUT2D eigenvalue weighted by Crippen LogP contribution is -3.00. The number of carbonyl (C=O) groups is 1. The summed E-state index contributed by atoms with van der Waals surface area (Å²) in [6.07, 6.45) is 0. The van der Waals surface area contributed by atoms with Crippen molar-refractivity contribution in [1.29, 1.82) is 0 Å². The number of hydrogen-bond acceptors (Lipinski definition) is 2. The van der Waals surface area contributed by atoms with Crippen molar-refractivity contribution in [1.82, 2.24) is 0 Å². The minimum atomic E-state index is -0.0856. The van der Waals surface area contributed by atoms with Crippen molar-refractivity contribution in [2.24, 2.45) is 11.7 Å². The Morgan fingerprint density at radius 2 is 1.86 bits per heavy atom. The molecule has 0 saturated carbocycles. The van der Waals surface area contributed by atoms with Gasteiger partial charge in [-0.1, -0.05) is 6.58 Å². The Morgan fingerprint density at radius 3 is 2.07 bits per heavy atom. The van der Waals surface area contributed by atoms with Gasteiger partial charge in [-0.05, 0) is 12.5 Å². The maximum absolute atomic E-state index is 11.6. The number of rotatable bonds is 5. The van der Waals surface area contributed by atoms with Crippen LogP contribution in [0.4, 0.5) is 0 Å². The highest BCUT2D eigenvalue weighted by atomic mass is 35.5. The molecule has 0 aliphatic rings. The van der Waals surface area contributed by atoms with Gasteiger partial charge in [0.15, 0.2) is 5.78 Å². The van der Waals surface area contributed by atoms with Gasteiger partial charge in [-0.2, -0.15) is 0 Å². The Morgan fingerprint density at radius 1 is 1.43 bits per heavy atom. The summed E-state index contributed by atoms with van der Waals surface area (Å²) in [6, 6.07) is 0. The first-order chi connectivity index (χ1) is 5.78. The van der Waals surface area contributed by atoms with Crippen LogP contribution >= 0.6 is 0 Å². The Kier molecular flexibility index (Phi) is 7.08. The predicted molar refractivity (Wildman–Crippen MR) is 55.3 cm³/mol. The second-order valence-corrected chi connectivity index (χ2v) is 4.55. The van der Waals surface area contributed by atoms with Gasteiger partial charge < -0.3 is 22.6 Å². The van der Waals surface area contributed by atoms with Crippen LogP contribution < -0.4 is 18.1 Å². The molecule has 4 heteroatoms. The van der Waals surface area contributed by atoms with Crippen molar-refractivity contribution < 1.29 is 21.7 Å². The molecule has 0 aromatic rings. The molecule has 0 amide bonds. The fourth-order valence-corrected chi connectivity index (χ4v) is 1.27. The van der Waals surface area contributed by atoms with Gasteiger partial charge >= 0.3 is 0 Å². The fraction of sp³-hybridized carbons (Fsp3) is 0.700. The van der Waals surface area contributed by atoms with Crippen LogP contribution in [0.25, 0.3) is 0 Å². The molecule has 0 heterocycles. The molecule has 0 fully saturated rings. The molecule has 0 radical (unpaired) electrons. The van der Waals surface area contributed by atoms with Gasteiger partial charge in [-0.25, -0.2) is 0 Å². The molecule has 0 aliphatic carbocycles. The Hall–Kier alpha value is -0.380. The van der Waals surface area contributed by atoms with Crippen LogP contribution in [0.2, 0.25) is 0 Å². The molecule has 0 rings (SSSR count). The lowest BCUT2D eigenvalue weighted by molar-refractivity contribution is -0.872. The van der Waals surface area contributed by atoms with E-state index in [4.69, 9.17) is 5.73 Å². The van der Waals surface area contributed by atoms with Crippen LogP contribution in [-0.2, 0) is 4.79 Å². The van der Waals surface area contributed by atoms with Crippen LogP contribution in [0.15, 0.2) is 12.2 Å². The zero-order valence-electron chi connectivity index (χ0n) is 9.51. The second-order valence-electron chi connectivity index (χ2n) is 4.55. The van der Waals surface area contributed by atoms with E-state index in [0.717, 1.165) is 11.0 Å². The molecule has 14 heavy (non-hydrogen) atoms. The minimum Gasteiger partial charge on any atom is -1.00 e. The number of hydrogen-bond donors (Lipinski definition) is 1. The summed E-state index contributed by atoms with van der Waals surface area (Å²) in [5.74, 6) is 0.00745. The third kappa shape index (κ3) is 6.13. The zero-order valence-corrected chi connectivity index (χ0v) is 10.3. The van der Waals surface area contributed by atoms with E-state index < -0.39 is 0 Å². The SMILES string of the molecule is C=C(C)C(=O)C(CN)C[N+](C)(C)C.[Cl-]. The van der Waals surface area contributed by atoms with E-state index in [1.807, 2.05) is 21.1 Å². The summed E-state index contributed by atoms with van der Waals surface area (Å²) >= 11 is 0. The second kappa shape index (κ2) is 6.17. The van der Waals surface area contributed by atoms with Gasteiger partial charge in [0.05, 0.1) is 33.6 Å². The number of Topliss-reactive ketones (excluding diaryl/α,β-unsaturated/α-hetero) is 1. The normalized spacial score (nSPS) is 12.9. The molecule has 2 N–H and O–H groups in total. The van der Waals surface area contributed by atoms with Gasteiger partial charge in [0, 0.05) is 6.54 Å². The van der Waals surface area contributed by atoms with Crippen molar-refractivity contribution in [2.45, 2.75) is 6.92 Å². The van der Waals surface area contributed by atoms with Crippen LogP contribution in [0.3, 0.4) is 0 Å². The number of nitrogens with zero attached hydrogens (tertiary/aromatic N) is 1. The van der Waals surface area contributed by atoms with Crippen molar-refractivity contribution in [3.63, 3.8) is 0 Å². The third-order valence-electron chi connectivity index (χ3n) is 1.84. The van der Waals surface area contributed by atoms with Crippen LogP contribution in [0, 0.1) is 5.92 Å². The molecule has 0 aromatic heterocycles. The highest BCUT2D eigenvalue weighted by Crippen LogP contribution is 2.07. The van der Waals surface area contributed by atoms with E-state index in [1.54, 1.807) is 6.92 Å². The highest BCUT2D eigenvalue weighted by molar-refractivity contribution is 5.96. The largest absolute Gasteiger partial charge is 1.00 e. The molecule has 84 valence electrons. The summed E-state index contributed by atoms with van der Waals surface area (Å²) in [7, 11) is 6.15. The van der Waals surface area contributed by atoms with Crippen LogP contribution in [0.5, 0.6) is 0 Å². The van der Waals surface area contributed by atoms with E-state index >= 15 is 0 Å². The molecular weight excluding hydrogens is 200 g/mol. The van der Waals surface area contributed by atoms with Crippen molar-refractivity contribution >= 4 is 5.78 Å². The molecule has 0 aliphatic heterocycles. The molecule has 3 nitrogen and oxygen atoms in total. The number of ketones is 1. The summed E-state index contributed by atoms with van der Waals surface area (Å²) in [5, 5.41) is 0. The number of quaternary nitrogens is 1. The molecular formula is C10H21ClN2O. The van der Waals surface area contributed by atoms with Crippen molar-refractivity contribution in [3.8, 4) is 0 Å². The first-order valence-corrected chi connectivity index (χ1v) is 4.48. The Balaban J connectivity index is 0. The van der Waals surface area contributed by atoms with Gasteiger partial charge in [0.1, 0.15) is 0 Å². The first kappa shape index (κ1) is 16.1. The van der Waals surface area contributed by atoms with Gasteiger partial charge in [0.2, 0.25) is 0 Å². The third-order valence-corrected chi connectivity index (χ3v) is 1.84. The summed E-state index contributed by atoms with van der Waals surface area (Å²) < 4.78 is 0.751. The lowest BCUT2D eigenvalue weighted by atomic mass is 9.98. The van der Waals surface area contributed by atoms with Gasteiger partial charge in [0.25, 0.3) is 0 Å². The van der Waals surface area contributed by atoms with Crippen LogP contribution in [-0.4, -0.2) is 44.5 Å². The van der Waals surface area contributed by atoms with Gasteiger partial charge in [-0.15, -0.1) is 0 Å².